The molecule has 3 aromatic rings. The molecule has 0 N–H and O–H groups in total. The molecule has 3 amide bonds. The summed E-state index contributed by atoms with van der Waals surface area (Å²) in [6, 6.07) is 12.1. The number of fused-ring (bicyclic) bond motifs is 3. The second kappa shape index (κ2) is 8.26. The Morgan fingerprint density at radius 1 is 1.14 bits per heavy atom. The smallest absolute Gasteiger partial charge is 0.268 e. The molecule has 0 spiro atoms. The van der Waals surface area contributed by atoms with Crippen molar-refractivity contribution in [2.24, 2.45) is 4.99 Å². The Morgan fingerprint density at radius 2 is 1.90 bits per heavy atom. The average Bonchev–Trinajstić information content (AvgIpc) is 3.23. The van der Waals surface area contributed by atoms with Crippen LogP contribution in [0.4, 0.5) is 0 Å². The predicted octanol–water partition coefficient (Wildman–Crippen LogP) is 2.47. The first kappa shape index (κ1) is 19.5. The fourth-order valence-electron chi connectivity index (χ4n) is 3.48. The van der Waals surface area contributed by atoms with E-state index >= 15 is 0 Å². The summed E-state index contributed by atoms with van der Waals surface area (Å²) in [6.45, 7) is 3.29. The lowest BCUT2D eigenvalue weighted by atomic mass is 10.1. The number of benzene rings is 2. The Bertz CT molecular complexity index is 1160. The third-order valence-electron chi connectivity index (χ3n) is 4.91. The minimum atomic E-state index is -0.505. The number of carbonyl (C=O) groups excluding carboxylic acids is 3. The van der Waals surface area contributed by atoms with E-state index in [0.717, 1.165) is 25.9 Å². The number of hydrogen-bond acceptors (Lipinski definition) is 5. The second-order valence-corrected chi connectivity index (χ2v) is 7.72. The Labute approximate surface area is 171 Å². The topological polar surface area (TPSA) is 81.0 Å². The minimum Gasteiger partial charge on any atom is -0.380 e. The highest BCUT2D eigenvalue weighted by Crippen LogP contribution is 2.27. The number of nitrogens with zero attached hydrogens (tertiary/aromatic N) is 3. The fourth-order valence-corrected chi connectivity index (χ4v) is 4.69. The number of thiazole rings is 1. The van der Waals surface area contributed by atoms with Crippen molar-refractivity contribution in [1.29, 1.82) is 0 Å². The quantitative estimate of drug-likeness (QED) is 0.461. The van der Waals surface area contributed by atoms with Crippen molar-refractivity contribution in [3.63, 3.8) is 0 Å². The maximum Gasteiger partial charge on any atom is 0.268 e. The molecule has 1 saturated heterocycles. The van der Waals surface area contributed by atoms with Gasteiger partial charge in [0.1, 0.15) is 6.54 Å². The molecule has 29 heavy (non-hydrogen) atoms. The van der Waals surface area contributed by atoms with E-state index in [2.05, 4.69) is 11.1 Å². The van der Waals surface area contributed by atoms with Crippen LogP contribution >= 0.6 is 11.3 Å². The van der Waals surface area contributed by atoms with Gasteiger partial charge in [-0.3, -0.25) is 19.3 Å². The van der Waals surface area contributed by atoms with E-state index in [1.165, 1.54) is 11.3 Å². The van der Waals surface area contributed by atoms with E-state index in [4.69, 9.17) is 4.74 Å². The number of ether oxygens (including phenoxy) is 1. The number of likely N-dealkylation sites (tertiary alicyclic amines) is 1. The van der Waals surface area contributed by atoms with Gasteiger partial charge in [-0.2, -0.15) is 4.99 Å². The van der Waals surface area contributed by atoms with Crippen LogP contribution in [0.2, 0.25) is 0 Å². The van der Waals surface area contributed by atoms with E-state index < -0.39 is 5.91 Å². The van der Waals surface area contributed by atoms with Crippen LogP contribution in [-0.2, 0) is 25.7 Å². The lowest BCUT2D eigenvalue weighted by molar-refractivity contribution is -0.141. The molecule has 2 aromatic carbocycles. The van der Waals surface area contributed by atoms with Crippen LogP contribution in [0.25, 0.3) is 21.0 Å². The molecule has 0 bridgehead atoms. The monoisotopic (exact) mass is 411 g/mol. The summed E-state index contributed by atoms with van der Waals surface area (Å²) in [7, 11) is 0. The number of amides is 3. The molecule has 0 aliphatic carbocycles. The van der Waals surface area contributed by atoms with Crippen molar-refractivity contribution >= 4 is 50.0 Å². The molecule has 2 heterocycles. The Kier molecular flexibility index (Phi) is 5.55. The zero-order valence-corrected chi connectivity index (χ0v) is 16.9. The van der Waals surface area contributed by atoms with Crippen molar-refractivity contribution < 1.29 is 19.1 Å². The van der Waals surface area contributed by atoms with Gasteiger partial charge in [0.05, 0.1) is 16.8 Å². The van der Waals surface area contributed by atoms with E-state index in [0.29, 0.717) is 24.6 Å². The first-order valence-corrected chi connectivity index (χ1v) is 10.4. The number of carbonyl (C=O) groups is 3. The van der Waals surface area contributed by atoms with Crippen LogP contribution in [-0.4, -0.2) is 46.9 Å². The highest BCUT2D eigenvalue weighted by Gasteiger charge is 2.30. The lowest BCUT2D eigenvalue weighted by Crippen LogP contribution is -2.34. The summed E-state index contributed by atoms with van der Waals surface area (Å²) in [5.74, 6) is -1.13. The predicted molar refractivity (Wildman–Crippen MR) is 110 cm³/mol. The third-order valence-corrected chi connectivity index (χ3v) is 6.03. The molecule has 0 unspecified atom stereocenters. The van der Waals surface area contributed by atoms with Gasteiger partial charge < -0.3 is 9.30 Å². The second-order valence-electron chi connectivity index (χ2n) is 6.75. The van der Waals surface area contributed by atoms with Gasteiger partial charge in [0, 0.05) is 31.4 Å². The summed E-state index contributed by atoms with van der Waals surface area (Å²) in [4.78, 5) is 41.9. The molecular weight excluding hydrogens is 390 g/mol. The largest absolute Gasteiger partial charge is 0.380 e. The van der Waals surface area contributed by atoms with E-state index in [9.17, 15) is 14.4 Å². The van der Waals surface area contributed by atoms with E-state index in [-0.39, 0.29) is 31.2 Å². The molecule has 150 valence electrons. The van der Waals surface area contributed by atoms with E-state index in [1.807, 2.05) is 41.8 Å². The number of aromatic nitrogens is 1. The Hall–Kier alpha value is -2.84. The van der Waals surface area contributed by atoms with Crippen LogP contribution in [0.5, 0.6) is 0 Å². The zero-order valence-electron chi connectivity index (χ0n) is 16.1. The van der Waals surface area contributed by atoms with Gasteiger partial charge in [-0.25, -0.2) is 0 Å². The van der Waals surface area contributed by atoms with Gasteiger partial charge in [-0.15, -0.1) is 0 Å². The highest BCUT2D eigenvalue weighted by atomic mass is 32.1. The van der Waals surface area contributed by atoms with Crippen molar-refractivity contribution in [2.45, 2.75) is 26.3 Å². The fraction of sp³-hybridized carbons (Fsp3) is 0.333. The molecule has 1 aliphatic rings. The molecule has 1 aliphatic heterocycles. The normalized spacial score (nSPS) is 15.2. The molecule has 0 atom stereocenters. The molecular formula is C21H21N3O4S. The first-order valence-electron chi connectivity index (χ1n) is 9.58. The first-order chi connectivity index (χ1) is 14.1. The maximum atomic E-state index is 12.5. The van der Waals surface area contributed by atoms with Crippen molar-refractivity contribution in [2.75, 3.05) is 19.8 Å². The Morgan fingerprint density at radius 3 is 2.66 bits per heavy atom. The molecule has 1 aromatic heterocycles. The van der Waals surface area contributed by atoms with Crippen LogP contribution in [0.1, 0.15) is 19.8 Å². The van der Waals surface area contributed by atoms with Gasteiger partial charge in [-0.05, 0) is 18.4 Å². The summed E-state index contributed by atoms with van der Waals surface area (Å²) in [6.07, 6.45) is 0.324. The van der Waals surface area contributed by atoms with Crippen LogP contribution in [0.15, 0.2) is 41.4 Å². The summed E-state index contributed by atoms with van der Waals surface area (Å²) in [5.41, 5.74) is 0.980. The third kappa shape index (κ3) is 3.86. The van der Waals surface area contributed by atoms with Gasteiger partial charge in [0.15, 0.2) is 4.80 Å². The zero-order chi connectivity index (χ0) is 20.4. The lowest BCUT2D eigenvalue weighted by Gasteiger charge is -2.10. The van der Waals surface area contributed by atoms with Crippen LogP contribution in [0, 0.1) is 0 Å². The highest BCUT2D eigenvalue weighted by molar-refractivity contribution is 7.17. The van der Waals surface area contributed by atoms with Gasteiger partial charge in [0.25, 0.3) is 5.91 Å². The number of hydrogen-bond donors (Lipinski definition) is 0. The van der Waals surface area contributed by atoms with Gasteiger partial charge in [0.2, 0.25) is 11.8 Å². The summed E-state index contributed by atoms with van der Waals surface area (Å²) >= 11 is 1.43. The number of rotatable bonds is 6. The molecule has 0 radical (unpaired) electrons. The molecule has 1 fully saturated rings. The summed E-state index contributed by atoms with van der Waals surface area (Å²) < 4.78 is 8.51. The van der Waals surface area contributed by atoms with E-state index in [1.54, 1.807) is 0 Å². The molecule has 4 rings (SSSR count). The van der Waals surface area contributed by atoms with Crippen molar-refractivity contribution in [3.8, 4) is 0 Å². The maximum absolute atomic E-state index is 12.5. The molecule has 7 nitrogen and oxygen atoms in total. The summed E-state index contributed by atoms with van der Waals surface area (Å²) in [5, 5.41) is 2.21. The van der Waals surface area contributed by atoms with Crippen LogP contribution in [0.3, 0.4) is 0 Å². The van der Waals surface area contributed by atoms with Crippen LogP contribution < -0.4 is 4.80 Å². The molecule has 0 saturated carbocycles. The SMILES string of the molecule is CCOCCn1c(=NC(=O)CN2C(=O)CCC2=O)sc2c3ccccc3ccc21. The van der Waals surface area contributed by atoms with Gasteiger partial charge >= 0.3 is 0 Å². The standard InChI is InChI=1S/C21H21N3O4S/c1-2-28-12-11-23-16-8-7-14-5-3-4-6-15(14)20(16)29-21(23)22-17(25)13-24-18(26)9-10-19(24)27/h3-8H,2,9-13H2,1H3. The average molecular weight is 411 g/mol. The van der Waals surface area contributed by atoms with Crippen molar-refractivity contribution in [3.05, 3.63) is 41.2 Å². The van der Waals surface area contributed by atoms with Gasteiger partial charge in [-0.1, -0.05) is 41.7 Å². The minimum absolute atomic E-state index is 0.162. The molecule has 8 heteroatoms. The van der Waals surface area contributed by atoms with Crippen molar-refractivity contribution in [1.82, 2.24) is 9.47 Å². The Balaban J connectivity index is 1.76. The number of imide groups is 1.